The van der Waals surface area contributed by atoms with Crippen LogP contribution in [0.3, 0.4) is 0 Å². The molecule has 104 valence electrons. The van der Waals surface area contributed by atoms with Gasteiger partial charge in [0.2, 0.25) is 0 Å². The second-order valence-electron chi connectivity index (χ2n) is 5.47. The van der Waals surface area contributed by atoms with E-state index in [0.717, 1.165) is 12.8 Å². The summed E-state index contributed by atoms with van der Waals surface area (Å²) in [5, 5.41) is 0. The van der Waals surface area contributed by atoms with Crippen LogP contribution in [-0.2, 0) is 14.2 Å². The third-order valence-electron chi connectivity index (χ3n) is 4.54. The molecule has 0 aliphatic carbocycles. The highest BCUT2D eigenvalue weighted by molar-refractivity contribution is 5.71. The molecule has 4 aliphatic rings. The summed E-state index contributed by atoms with van der Waals surface area (Å²) in [7, 11) is 0. The highest BCUT2D eigenvalue weighted by Gasteiger charge is 2.49. The van der Waals surface area contributed by atoms with Gasteiger partial charge in [0, 0.05) is 13.1 Å². The number of cyclic esters (lactones) is 2. The standard InChI is InChI=1S/C12H16N2O5/c15-11-13-3-1-9(7(13)5-17-11)19-10-2-4-14-8(10)6-18-12(14)16/h7-10H,1-6H2. The molecule has 4 atom stereocenters. The Balaban J connectivity index is 1.43. The molecule has 0 aromatic rings. The second kappa shape index (κ2) is 4.00. The van der Waals surface area contributed by atoms with Gasteiger partial charge in [0.05, 0.1) is 24.3 Å². The summed E-state index contributed by atoms with van der Waals surface area (Å²) in [5.74, 6) is 0. The van der Waals surface area contributed by atoms with E-state index in [9.17, 15) is 9.59 Å². The van der Waals surface area contributed by atoms with E-state index in [1.165, 1.54) is 0 Å². The number of ether oxygens (including phenoxy) is 3. The normalized spacial score (nSPS) is 40.4. The van der Waals surface area contributed by atoms with E-state index in [1.54, 1.807) is 9.80 Å². The number of carbonyl (C=O) groups is 2. The molecular weight excluding hydrogens is 252 g/mol. The molecule has 4 aliphatic heterocycles. The Labute approximate surface area is 110 Å². The molecule has 2 amide bonds. The Morgan fingerprint density at radius 1 is 0.895 bits per heavy atom. The fourth-order valence-corrected chi connectivity index (χ4v) is 3.52. The van der Waals surface area contributed by atoms with Crippen LogP contribution in [0, 0.1) is 0 Å². The van der Waals surface area contributed by atoms with Crippen LogP contribution < -0.4 is 0 Å². The number of amides is 2. The minimum absolute atomic E-state index is 0.0205. The second-order valence-corrected chi connectivity index (χ2v) is 5.47. The maximum Gasteiger partial charge on any atom is 0.410 e. The SMILES string of the molecule is O=C1OCC2C(OC3CCN4C(=O)OCC34)CCN12. The van der Waals surface area contributed by atoms with E-state index in [2.05, 4.69) is 0 Å². The number of hydrogen-bond acceptors (Lipinski definition) is 5. The number of hydrogen-bond donors (Lipinski definition) is 0. The molecule has 7 heteroatoms. The van der Waals surface area contributed by atoms with Gasteiger partial charge in [-0.2, -0.15) is 0 Å². The molecule has 4 unspecified atom stereocenters. The van der Waals surface area contributed by atoms with Crippen molar-refractivity contribution in [3.05, 3.63) is 0 Å². The van der Waals surface area contributed by atoms with Crippen molar-refractivity contribution in [2.45, 2.75) is 37.1 Å². The molecule has 7 nitrogen and oxygen atoms in total. The average molecular weight is 268 g/mol. The molecule has 4 fully saturated rings. The number of nitrogens with zero attached hydrogens (tertiary/aromatic N) is 2. The lowest BCUT2D eigenvalue weighted by atomic mass is 10.1. The highest BCUT2D eigenvalue weighted by Crippen LogP contribution is 2.32. The first-order valence-electron chi connectivity index (χ1n) is 6.76. The van der Waals surface area contributed by atoms with Gasteiger partial charge in [0.15, 0.2) is 0 Å². The van der Waals surface area contributed by atoms with Crippen molar-refractivity contribution in [3.63, 3.8) is 0 Å². The first kappa shape index (κ1) is 11.3. The van der Waals surface area contributed by atoms with Gasteiger partial charge < -0.3 is 14.2 Å². The van der Waals surface area contributed by atoms with Gasteiger partial charge >= 0.3 is 12.2 Å². The Morgan fingerprint density at radius 2 is 1.37 bits per heavy atom. The predicted molar refractivity (Wildman–Crippen MR) is 61.6 cm³/mol. The summed E-state index contributed by atoms with van der Waals surface area (Å²) in [5.41, 5.74) is 0. The number of carbonyl (C=O) groups excluding carboxylic acids is 2. The molecule has 4 heterocycles. The van der Waals surface area contributed by atoms with E-state index in [-0.39, 0.29) is 36.5 Å². The molecular formula is C12H16N2O5. The summed E-state index contributed by atoms with van der Waals surface area (Å²) >= 11 is 0. The van der Waals surface area contributed by atoms with E-state index < -0.39 is 0 Å². The van der Waals surface area contributed by atoms with Crippen LogP contribution in [0.15, 0.2) is 0 Å². The van der Waals surface area contributed by atoms with Crippen LogP contribution in [0.1, 0.15) is 12.8 Å². The molecule has 0 bridgehead atoms. The molecule has 0 N–H and O–H groups in total. The van der Waals surface area contributed by atoms with Crippen molar-refractivity contribution in [2.75, 3.05) is 26.3 Å². The molecule has 4 saturated heterocycles. The maximum absolute atomic E-state index is 11.4. The quantitative estimate of drug-likeness (QED) is 0.715. The maximum atomic E-state index is 11.4. The van der Waals surface area contributed by atoms with E-state index in [4.69, 9.17) is 14.2 Å². The van der Waals surface area contributed by atoms with Crippen LogP contribution in [0.4, 0.5) is 9.59 Å². The smallest absolute Gasteiger partial charge is 0.410 e. The monoisotopic (exact) mass is 268 g/mol. The fourth-order valence-electron chi connectivity index (χ4n) is 3.52. The largest absolute Gasteiger partial charge is 0.447 e. The topological polar surface area (TPSA) is 68.3 Å². The molecule has 19 heavy (non-hydrogen) atoms. The van der Waals surface area contributed by atoms with Crippen molar-refractivity contribution in [2.24, 2.45) is 0 Å². The molecule has 4 rings (SSSR count). The summed E-state index contributed by atoms with van der Waals surface area (Å²) in [4.78, 5) is 26.4. The van der Waals surface area contributed by atoms with Crippen LogP contribution in [0.25, 0.3) is 0 Å². The highest BCUT2D eigenvalue weighted by atomic mass is 16.6. The summed E-state index contributed by atoms with van der Waals surface area (Å²) in [6.07, 6.45) is 1.27. The molecule has 0 aromatic heterocycles. The van der Waals surface area contributed by atoms with E-state index in [0.29, 0.717) is 26.3 Å². The molecule has 0 radical (unpaired) electrons. The zero-order valence-corrected chi connectivity index (χ0v) is 10.5. The first-order valence-corrected chi connectivity index (χ1v) is 6.76. The lowest BCUT2D eigenvalue weighted by molar-refractivity contribution is -0.0352. The van der Waals surface area contributed by atoms with Gasteiger partial charge in [0.1, 0.15) is 13.2 Å². The Kier molecular flexibility index (Phi) is 2.38. The zero-order chi connectivity index (χ0) is 13.0. The minimum atomic E-state index is -0.233. The van der Waals surface area contributed by atoms with Gasteiger partial charge in [0.25, 0.3) is 0 Å². The fraction of sp³-hybridized carbons (Fsp3) is 0.833. The first-order chi connectivity index (χ1) is 9.24. The summed E-state index contributed by atoms with van der Waals surface area (Å²) < 4.78 is 16.2. The Bertz CT molecular complexity index is 390. The van der Waals surface area contributed by atoms with E-state index >= 15 is 0 Å². The Morgan fingerprint density at radius 3 is 1.84 bits per heavy atom. The van der Waals surface area contributed by atoms with E-state index in [1.807, 2.05) is 0 Å². The van der Waals surface area contributed by atoms with Crippen LogP contribution in [0.5, 0.6) is 0 Å². The van der Waals surface area contributed by atoms with Crippen LogP contribution in [0.2, 0.25) is 0 Å². The van der Waals surface area contributed by atoms with Gasteiger partial charge in [-0.05, 0) is 12.8 Å². The van der Waals surface area contributed by atoms with Crippen molar-refractivity contribution in [1.82, 2.24) is 9.80 Å². The molecule has 0 spiro atoms. The van der Waals surface area contributed by atoms with Gasteiger partial charge in [-0.25, -0.2) is 9.59 Å². The summed E-state index contributed by atoms with van der Waals surface area (Å²) in [6, 6.07) is 0.0825. The minimum Gasteiger partial charge on any atom is -0.447 e. The van der Waals surface area contributed by atoms with Crippen LogP contribution >= 0.6 is 0 Å². The van der Waals surface area contributed by atoms with Gasteiger partial charge in [-0.1, -0.05) is 0 Å². The predicted octanol–water partition coefficient (Wildman–Crippen LogP) is 0.189. The zero-order valence-electron chi connectivity index (χ0n) is 10.5. The number of fused-ring (bicyclic) bond motifs is 2. The molecule has 0 aromatic carbocycles. The average Bonchev–Trinajstić information content (AvgIpc) is 3.10. The Hall–Kier alpha value is -1.50. The lowest BCUT2D eigenvalue weighted by Crippen LogP contribution is -2.40. The van der Waals surface area contributed by atoms with Crippen molar-refractivity contribution >= 4 is 12.2 Å². The van der Waals surface area contributed by atoms with Crippen LogP contribution in [-0.4, -0.2) is 72.6 Å². The van der Waals surface area contributed by atoms with Gasteiger partial charge in [-0.15, -0.1) is 0 Å². The number of rotatable bonds is 2. The molecule has 0 saturated carbocycles. The third-order valence-corrected chi connectivity index (χ3v) is 4.54. The summed E-state index contributed by atoms with van der Waals surface area (Å²) in [6.45, 7) is 2.23. The van der Waals surface area contributed by atoms with Crippen molar-refractivity contribution in [3.8, 4) is 0 Å². The van der Waals surface area contributed by atoms with Gasteiger partial charge in [-0.3, -0.25) is 9.80 Å². The lowest BCUT2D eigenvalue weighted by Gasteiger charge is -2.24. The third kappa shape index (κ3) is 1.60. The van der Waals surface area contributed by atoms with Crippen molar-refractivity contribution in [1.29, 1.82) is 0 Å². The van der Waals surface area contributed by atoms with Crippen molar-refractivity contribution < 1.29 is 23.8 Å².